The molecule has 2 aromatic rings. The summed E-state index contributed by atoms with van der Waals surface area (Å²) in [7, 11) is 0. The van der Waals surface area contributed by atoms with Crippen molar-refractivity contribution in [2.24, 2.45) is 5.16 Å². The average Bonchev–Trinajstić information content (AvgIpc) is 3.55. The number of aromatic nitrogens is 3. The molecule has 4 heterocycles. The zero-order valence-electron chi connectivity index (χ0n) is 17.8. The summed E-state index contributed by atoms with van der Waals surface area (Å²) in [5.74, 6) is -1.97. The quantitative estimate of drug-likeness (QED) is 0.0842. The highest BCUT2D eigenvalue weighted by Crippen LogP contribution is 2.41. The van der Waals surface area contributed by atoms with Gasteiger partial charge in [-0.05, 0) is 5.57 Å². The van der Waals surface area contributed by atoms with Crippen LogP contribution < -0.4 is 10.6 Å². The highest BCUT2D eigenvalue weighted by molar-refractivity contribution is 8.01. The zero-order chi connectivity index (χ0) is 25.7. The van der Waals surface area contributed by atoms with Crippen molar-refractivity contribution < 1.29 is 29.1 Å². The molecule has 2 aromatic heterocycles. The van der Waals surface area contributed by atoms with Gasteiger partial charge in [0.25, 0.3) is 11.8 Å². The van der Waals surface area contributed by atoms with Crippen molar-refractivity contribution in [1.29, 1.82) is 5.26 Å². The third-order valence-corrected chi connectivity index (χ3v) is 8.74. The van der Waals surface area contributed by atoms with E-state index in [1.54, 1.807) is 11.6 Å². The van der Waals surface area contributed by atoms with E-state index in [9.17, 15) is 24.3 Å². The number of carboxylic acids is 1. The number of carbonyl (C=O) groups is 4. The van der Waals surface area contributed by atoms with Crippen LogP contribution in [0.25, 0.3) is 0 Å². The average molecular weight is 567 g/mol. The van der Waals surface area contributed by atoms with Crippen LogP contribution >= 0.6 is 46.2 Å². The monoisotopic (exact) mass is 566 g/mol. The molecule has 1 fully saturated rings. The second-order valence-corrected chi connectivity index (χ2v) is 10.8. The van der Waals surface area contributed by atoms with Crippen LogP contribution in [-0.4, -0.2) is 84.6 Å². The van der Waals surface area contributed by atoms with E-state index < -0.39 is 35.8 Å². The Bertz CT molecular complexity index is 1290. The number of hydrogen-bond donors (Lipinski definition) is 3. The van der Waals surface area contributed by atoms with Gasteiger partial charge >= 0.3 is 5.97 Å². The number of nitrogens with one attached hydrogen (secondary N) is 2. The number of anilines is 1. The van der Waals surface area contributed by atoms with Crippen molar-refractivity contribution >= 4 is 81.2 Å². The lowest BCUT2D eigenvalue weighted by atomic mass is 10.0. The lowest BCUT2D eigenvalue weighted by molar-refractivity contribution is -0.150. The van der Waals surface area contributed by atoms with Crippen LogP contribution in [0.5, 0.6) is 0 Å². The molecule has 3 N–H and O–H groups in total. The topological polar surface area (TPSA) is 200 Å². The molecular weight excluding hydrogens is 553 g/mol. The highest BCUT2D eigenvalue weighted by Gasteiger charge is 2.54. The fraction of sp³-hybridized carbons (Fsp3) is 0.278. The Morgan fingerprint density at radius 3 is 2.97 bits per heavy atom. The van der Waals surface area contributed by atoms with Crippen LogP contribution in [0.3, 0.4) is 0 Å². The van der Waals surface area contributed by atoms with Crippen LogP contribution in [0.2, 0.25) is 0 Å². The summed E-state index contributed by atoms with van der Waals surface area (Å²) in [6.07, 6.45) is 0.418. The van der Waals surface area contributed by atoms with E-state index in [0.717, 1.165) is 16.2 Å². The van der Waals surface area contributed by atoms with Gasteiger partial charge in [-0.25, -0.2) is 9.78 Å². The summed E-state index contributed by atoms with van der Waals surface area (Å²) in [6, 6.07) is 0.702. The van der Waals surface area contributed by atoms with Crippen molar-refractivity contribution in [3.8, 4) is 6.07 Å². The van der Waals surface area contributed by atoms with Gasteiger partial charge in [-0.3, -0.25) is 19.3 Å². The van der Waals surface area contributed by atoms with Crippen LogP contribution in [0.15, 0.2) is 31.7 Å². The first-order valence-electron chi connectivity index (χ1n) is 9.77. The molecule has 0 radical (unpaired) electrons. The van der Waals surface area contributed by atoms with Crippen molar-refractivity contribution in [2.75, 3.05) is 23.4 Å². The summed E-state index contributed by atoms with van der Waals surface area (Å²) >= 11 is 5.00. The molecule has 2 aliphatic rings. The van der Waals surface area contributed by atoms with Crippen molar-refractivity contribution in [3.63, 3.8) is 0 Å². The number of β-lactam (4-membered cyclic amide) rings is 1. The molecule has 0 saturated carbocycles. The first-order valence-corrected chi connectivity index (χ1v) is 13.6. The zero-order valence-corrected chi connectivity index (χ0v) is 21.1. The molecule has 4 rings (SSSR count). The van der Waals surface area contributed by atoms with E-state index in [0.29, 0.717) is 27.8 Å². The molecule has 36 heavy (non-hydrogen) atoms. The maximum absolute atomic E-state index is 13.0. The number of rotatable bonds is 11. The predicted molar refractivity (Wildman–Crippen MR) is 130 cm³/mol. The molecule has 186 valence electrons. The summed E-state index contributed by atoms with van der Waals surface area (Å²) in [4.78, 5) is 58.6. The number of nitriles is 1. The molecule has 1 unspecified atom stereocenters. The molecule has 18 heteroatoms. The first-order chi connectivity index (χ1) is 17.4. The summed E-state index contributed by atoms with van der Waals surface area (Å²) < 4.78 is 0.679. The lowest BCUT2D eigenvalue weighted by Crippen LogP contribution is -2.71. The Morgan fingerprint density at radius 2 is 2.28 bits per heavy atom. The maximum atomic E-state index is 13.0. The number of aliphatic carboxylic acids is 1. The number of oxime groups is 1. The van der Waals surface area contributed by atoms with E-state index in [1.165, 1.54) is 40.2 Å². The first kappa shape index (κ1) is 25.6. The van der Waals surface area contributed by atoms with E-state index in [1.807, 2.05) is 0 Å². The second kappa shape index (κ2) is 11.5. The number of thioether (sulfide) groups is 2. The molecular formula is C18H14N8O6S4. The van der Waals surface area contributed by atoms with Gasteiger partial charge in [-0.2, -0.15) is 5.26 Å². The van der Waals surface area contributed by atoms with Crippen LogP contribution in [0, 0.1) is 11.3 Å². The van der Waals surface area contributed by atoms with Gasteiger partial charge in [0.1, 0.15) is 34.4 Å². The smallest absolute Gasteiger partial charge is 0.352 e. The Hall–Kier alpha value is -3.53. The molecule has 0 bridgehead atoms. The number of carboxylic acid groups (broad SMARTS) is 1. The number of hydrogen-bond acceptors (Lipinski definition) is 14. The van der Waals surface area contributed by atoms with E-state index >= 15 is 0 Å². The van der Waals surface area contributed by atoms with E-state index in [4.69, 9.17) is 10.1 Å². The third-order valence-electron chi connectivity index (χ3n) is 4.68. The van der Waals surface area contributed by atoms with Gasteiger partial charge in [-0.1, -0.05) is 28.3 Å². The SMILES string of the molecule is N#CCON=C(C(=O)NC1C(=O)N2C(C(=O)O)=C(CSc3nncs3)CS[C@@H]12)c1csc(NC=O)n1. The van der Waals surface area contributed by atoms with Crippen molar-refractivity contribution in [1.82, 2.24) is 25.4 Å². The molecule has 1 saturated heterocycles. The number of amides is 3. The minimum atomic E-state index is -1.24. The third kappa shape index (κ3) is 5.33. The van der Waals surface area contributed by atoms with Gasteiger partial charge in [0.05, 0.1) is 0 Å². The van der Waals surface area contributed by atoms with Crippen molar-refractivity contribution in [3.05, 3.63) is 27.9 Å². The summed E-state index contributed by atoms with van der Waals surface area (Å²) in [5, 5.41) is 35.7. The standard InChI is InChI=1S/C18H14N8O6S4/c19-1-2-32-25-10(9-5-34-17(22-9)20-6-27)13(28)23-11-14(29)26-12(16(30)31)8(3-33-15(11)26)4-35-18-24-21-7-36-18/h5-7,11,15H,2-4H2,(H,23,28)(H,30,31)(H,20,22,27)/t11?,15-/m0/s1. The van der Waals surface area contributed by atoms with Crippen LogP contribution in [0.1, 0.15) is 5.69 Å². The molecule has 14 nitrogen and oxygen atoms in total. The Labute approximate surface area is 218 Å². The molecule has 2 atom stereocenters. The van der Waals surface area contributed by atoms with Gasteiger partial charge < -0.3 is 20.6 Å². The number of nitrogens with zero attached hydrogens (tertiary/aromatic N) is 6. The normalized spacial score (nSPS) is 19.1. The molecule has 0 spiro atoms. The highest BCUT2D eigenvalue weighted by atomic mass is 32.2. The second-order valence-electron chi connectivity index (χ2n) is 6.78. The minimum Gasteiger partial charge on any atom is -0.477 e. The largest absolute Gasteiger partial charge is 0.477 e. The molecule has 2 aliphatic heterocycles. The minimum absolute atomic E-state index is 0.0572. The lowest BCUT2D eigenvalue weighted by Gasteiger charge is -2.49. The van der Waals surface area contributed by atoms with Gasteiger partial charge in [0.2, 0.25) is 13.0 Å². The Balaban J connectivity index is 1.49. The maximum Gasteiger partial charge on any atom is 0.352 e. The molecule has 0 aliphatic carbocycles. The summed E-state index contributed by atoms with van der Waals surface area (Å²) in [6.45, 7) is -0.431. The fourth-order valence-corrected chi connectivity index (χ4v) is 6.84. The Morgan fingerprint density at radius 1 is 1.44 bits per heavy atom. The Kier molecular flexibility index (Phi) is 8.14. The van der Waals surface area contributed by atoms with E-state index in [2.05, 4.69) is 31.0 Å². The summed E-state index contributed by atoms with van der Waals surface area (Å²) in [5.41, 5.74) is 1.77. The molecule has 0 aromatic carbocycles. The van der Waals surface area contributed by atoms with Crippen molar-refractivity contribution in [2.45, 2.75) is 15.8 Å². The van der Waals surface area contributed by atoms with Crippen LogP contribution in [0.4, 0.5) is 5.13 Å². The van der Waals surface area contributed by atoms with E-state index in [-0.39, 0.29) is 22.2 Å². The van der Waals surface area contributed by atoms with Gasteiger partial charge in [0.15, 0.2) is 15.2 Å². The number of carbonyl (C=O) groups excluding carboxylic acids is 3. The van der Waals surface area contributed by atoms with Crippen LogP contribution in [-0.2, 0) is 24.0 Å². The predicted octanol–water partition coefficient (Wildman–Crippen LogP) is 0.338. The van der Waals surface area contributed by atoms with Gasteiger partial charge in [0, 0.05) is 16.9 Å². The number of thiazole rings is 1. The number of fused-ring (bicyclic) bond motifs is 1. The van der Waals surface area contributed by atoms with Gasteiger partial charge in [-0.15, -0.1) is 33.3 Å². The molecule has 3 amide bonds. The fourth-order valence-electron chi connectivity index (χ4n) is 3.21.